The number of hydrogen-bond donors (Lipinski definition) is 0. The van der Waals surface area contributed by atoms with Crippen LogP contribution in [0.1, 0.15) is 11.3 Å². The minimum absolute atomic E-state index is 0.0522. The third-order valence-corrected chi connectivity index (χ3v) is 4.06. The molecule has 0 radical (unpaired) electrons. The van der Waals surface area contributed by atoms with Crippen LogP contribution >= 0.6 is 0 Å². The van der Waals surface area contributed by atoms with Gasteiger partial charge in [-0.1, -0.05) is 47.7 Å². The Bertz CT molecular complexity index is 801. The van der Waals surface area contributed by atoms with E-state index in [0.717, 1.165) is 30.0 Å². The molecule has 24 heavy (non-hydrogen) atoms. The van der Waals surface area contributed by atoms with Gasteiger partial charge >= 0.3 is 0 Å². The van der Waals surface area contributed by atoms with Crippen molar-refractivity contribution in [2.75, 3.05) is 6.61 Å². The summed E-state index contributed by atoms with van der Waals surface area (Å²) in [6.07, 6.45) is 3.79. The van der Waals surface area contributed by atoms with Gasteiger partial charge in [0, 0.05) is 6.20 Å². The molecule has 0 spiro atoms. The van der Waals surface area contributed by atoms with E-state index in [1.54, 1.807) is 0 Å². The SMILES string of the molecule is c1ccc(CCc2cn(C[C@@H]3COc4ccccc4O3)nn2)cc1. The highest BCUT2D eigenvalue weighted by Crippen LogP contribution is 2.31. The van der Waals surface area contributed by atoms with Crippen molar-refractivity contribution in [3.05, 3.63) is 72.1 Å². The van der Waals surface area contributed by atoms with Crippen molar-refractivity contribution < 1.29 is 9.47 Å². The number of rotatable bonds is 5. The number of hydrogen-bond acceptors (Lipinski definition) is 4. The first-order valence-electron chi connectivity index (χ1n) is 8.18. The molecule has 1 aliphatic heterocycles. The van der Waals surface area contributed by atoms with Crippen molar-refractivity contribution in [3.8, 4) is 11.5 Å². The van der Waals surface area contributed by atoms with E-state index >= 15 is 0 Å². The maximum atomic E-state index is 5.96. The van der Waals surface area contributed by atoms with Gasteiger partial charge in [0.05, 0.1) is 12.2 Å². The molecule has 2 heterocycles. The molecule has 5 heteroatoms. The summed E-state index contributed by atoms with van der Waals surface area (Å²) in [6, 6.07) is 18.2. The van der Waals surface area contributed by atoms with Crippen molar-refractivity contribution in [2.45, 2.75) is 25.5 Å². The van der Waals surface area contributed by atoms with E-state index < -0.39 is 0 Å². The normalized spacial score (nSPS) is 16.1. The smallest absolute Gasteiger partial charge is 0.161 e. The second kappa shape index (κ2) is 6.74. The molecule has 2 aromatic carbocycles. The molecule has 1 atom stereocenters. The highest BCUT2D eigenvalue weighted by atomic mass is 16.6. The number of aryl methyl sites for hydroxylation is 2. The van der Waals surface area contributed by atoms with Gasteiger partial charge in [-0.3, -0.25) is 0 Å². The van der Waals surface area contributed by atoms with E-state index in [9.17, 15) is 0 Å². The Hall–Kier alpha value is -2.82. The molecule has 0 N–H and O–H groups in total. The predicted octanol–water partition coefficient (Wildman–Crippen LogP) is 2.90. The number of nitrogens with zero attached hydrogens (tertiary/aromatic N) is 3. The van der Waals surface area contributed by atoms with Gasteiger partial charge < -0.3 is 9.47 Å². The van der Waals surface area contributed by atoms with Crippen LogP contribution in [0.25, 0.3) is 0 Å². The lowest BCUT2D eigenvalue weighted by Gasteiger charge is -2.26. The van der Waals surface area contributed by atoms with Gasteiger partial charge in [0.1, 0.15) is 6.61 Å². The van der Waals surface area contributed by atoms with E-state index in [4.69, 9.17) is 9.47 Å². The summed E-state index contributed by atoms with van der Waals surface area (Å²) in [5.41, 5.74) is 2.31. The first-order chi connectivity index (χ1) is 11.9. The fourth-order valence-corrected chi connectivity index (χ4v) is 2.82. The number of benzene rings is 2. The zero-order chi connectivity index (χ0) is 16.2. The van der Waals surface area contributed by atoms with Crippen molar-refractivity contribution in [1.82, 2.24) is 15.0 Å². The van der Waals surface area contributed by atoms with E-state index in [1.807, 2.05) is 41.2 Å². The summed E-state index contributed by atoms with van der Waals surface area (Å²) < 4.78 is 13.5. The molecule has 0 fully saturated rings. The highest BCUT2D eigenvalue weighted by Gasteiger charge is 2.21. The summed E-state index contributed by atoms with van der Waals surface area (Å²) in [7, 11) is 0. The van der Waals surface area contributed by atoms with Crippen LogP contribution in [0.2, 0.25) is 0 Å². The Morgan fingerprint density at radius 2 is 1.75 bits per heavy atom. The fraction of sp³-hybridized carbons (Fsp3) is 0.263. The fourth-order valence-electron chi connectivity index (χ4n) is 2.82. The maximum absolute atomic E-state index is 5.96. The van der Waals surface area contributed by atoms with Crippen molar-refractivity contribution in [3.63, 3.8) is 0 Å². The van der Waals surface area contributed by atoms with Gasteiger partial charge in [-0.2, -0.15) is 0 Å². The Kier molecular flexibility index (Phi) is 4.14. The Labute approximate surface area is 140 Å². The number of aromatic nitrogens is 3. The molecule has 0 aliphatic carbocycles. The molecule has 0 unspecified atom stereocenters. The molecule has 3 aromatic rings. The van der Waals surface area contributed by atoms with Crippen molar-refractivity contribution in [2.24, 2.45) is 0 Å². The monoisotopic (exact) mass is 321 g/mol. The molecule has 122 valence electrons. The molecule has 5 nitrogen and oxygen atoms in total. The molecule has 1 aromatic heterocycles. The summed E-state index contributed by atoms with van der Waals surface area (Å²) >= 11 is 0. The van der Waals surface area contributed by atoms with Crippen LogP contribution in [-0.2, 0) is 19.4 Å². The second-order valence-electron chi connectivity index (χ2n) is 5.92. The molecular formula is C19H19N3O2. The Balaban J connectivity index is 1.34. The molecular weight excluding hydrogens is 302 g/mol. The number of ether oxygens (including phenoxy) is 2. The number of fused-ring (bicyclic) bond motifs is 1. The zero-order valence-electron chi connectivity index (χ0n) is 13.3. The average molecular weight is 321 g/mol. The van der Waals surface area contributed by atoms with Gasteiger partial charge in [-0.25, -0.2) is 4.68 Å². The lowest BCUT2D eigenvalue weighted by molar-refractivity contribution is 0.0755. The first-order valence-corrected chi connectivity index (χ1v) is 8.18. The molecule has 0 saturated heterocycles. The topological polar surface area (TPSA) is 49.2 Å². The quantitative estimate of drug-likeness (QED) is 0.725. The molecule has 0 saturated carbocycles. The van der Waals surface area contributed by atoms with Crippen LogP contribution in [0.15, 0.2) is 60.8 Å². The predicted molar refractivity (Wildman–Crippen MR) is 90.2 cm³/mol. The molecule has 0 amide bonds. The van der Waals surface area contributed by atoms with Gasteiger partial charge in [0.25, 0.3) is 0 Å². The van der Waals surface area contributed by atoms with E-state index in [-0.39, 0.29) is 6.10 Å². The summed E-state index contributed by atoms with van der Waals surface area (Å²) in [5, 5.41) is 8.47. The van der Waals surface area contributed by atoms with Crippen molar-refractivity contribution >= 4 is 0 Å². The second-order valence-corrected chi connectivity index (χ2v) is 5.92. The van der Waals surface area contributed by atoms with Crippen LogP contribution in [0.5, 0.6) is 11.5 Å². The first kappa shape index (κ1) is 14.8. The molecule has 4 rings (SSSR count). The lowest BCUT2D eigenvalue weighted by Crippen LogP contribution is -2.33. The van der Waals surface area contributed by atoms with E-state index in [1.165, 1.54) is 5.56 Å². The summed E-state index contributed by atoms with van der Waals surface area (Å²) in [6.45, 7) is 1.16. The third-order valence-electron chi connectivity index (χ3n) is 4.06. The Morgan fingerprint density at radius 3 is 2.62 bits per heavy atom. The maximum Gasteiger partial charge on any atom is 0.161 e. The Morgan fingerprint density at radius 1 is 0.958 bits per heavy atom. The van der Waals surface area contributed by atoms with E-state index in [2.05, 4.69) is 34.6 Å². The van der Waals surface area contributed by atoms with Gasteiger partial charge in [-0.05, 0) is 30.5 Å². The summed E-state index contributed by atoms with van der Waals surface area (Å²) in [4.78, 5) is 0. The highest BCUT2D eigenvalue weighted by molar-refractivity contribution is 5.40. The van der Waals surface area contributed by atoms with Crippen LogP contribution in [0, 0.1) is 0 Å². The molecule has 0 bridgehead atoms. The summed E-state index contributed by atoms with van der Waals surface area (Å²) in [5.74, 6) is 1.59. The molecule has 1 aliphatic rings. The largest absolute Gasteiger partial charge is 0.486 e. The lowest BCUT2D eigenvalue weighted by atomic mass is 10.1. The van der Waals surface area contributed by atoms with Crippen LogP contribution < -0.4 is 9.47 Å². The average Bonchev–Trinajstić information content (AvgIpc) is 3.08. The number of para-hydroxylation sites is 2. The van der Waals surface area contributed by atoms with Crippen molar-refractivity contribution in [1.29, 1.82) is 0 Å². The van der Waals surface area contributed by atoms with Gasteiger partial charge in [0.15, 0.2) is 17.6 Å². The van der Waals surface area contributed by atoms with Crippen LogP contribution in [-0.4, -0.2) is 27.7 Å². The van der Waals surface area contributed by atoms with E-state index in [0.29, 0.717) is 13.2 Å². The zero-order valence-corrected chi connectivity index (χ0v) is 13.3. The minimum atomic E-state index is -0.0522. The van der Waals surface area contributed by atoms with Crippen LogP contribution in [0.4, 0.5) is 0 Å². The van der Waals surface area contributed by atoms with Gasteiger partial charge in [0.2, 0.25) is 0 Å². The van der Waals surface area contributed by atoms with Crippen LogP contribution in [0.3, 0.4) is 0 Å². The third kappa shape index (κ3) is 3.40. The van der Waals surface area contributed by atoms with Gasteiger partial charge in [-0.15, -0.1) is 5.10 Å². The minimum Gasteiger partial charge on any atom is -0.486 e. The standard InChI is InChI=1S/C19H19N3O2/c1-2-6-15(7-3-1)10-11-16-12-22(21-20-16)13-17-14-23-18-8-4-5-9-19(18)24-17/h1-9,12,17H,10-11,13-14H2/t17-/m1/s1.